The second-order valence-corrected chi connectivity index (χ2v) is 8.58. The lowest BCUT2D eigenvalue weighted by molar-refractivity contribution is -0.117. The Morgan fingerprint density at radius 3 is 2.72 bits per heavy atom. The van der Waals surface area contributed by atoms with E-state index in [1.54, 1.807) is 15.6 Å². The van der Waals surface area contributed by atoms with Gasteiger partial charge in [-0.05, 0) is 33.6 Å². The summed E-state index contributed by atoms with van der Waals surface area (Å²) in [5, 5.41) is 16.0. The van der Waals surface area contributed by atoms with Gasteiger partial charge in [0, 0.05) is 55.5 Å². The average molecular weight is 438 g/mol. The van der Waals surface area contributed by atoms with E-state index in [0.29, 0.717) is 31.1 Å². The Morgan fingerprint density at radius 1 is 1.25 bits per heavy atom. The van der Waals surface area contributed by atoms with Gasteiger partial charge in [0.15, 0.2) is 17.3 Å². The third-order valence-electron chi connectivity index (χ3n) is 6.38. The molecule has 1 fully saturated rings. The van der Waals surface area contributed by atoms with Gasteiger partial charge in [-0.1, -0.05) is 5.16 Å². The molecule has 0 spiro atoms. The number of anilines is 1. The second-order valence-electron chi connectivity index (χ2n) is 8.58. The summed E-state index contributed by atoms with van der Waals surface area (Å²) in [5.41, 5.74) is 4.89. The highest BCUT2D eigenvalue weighted by Gasteiger charge is 2.33. The number of carbonyl (C=O) groups excluding carboxylic acids is 2. The van der Waals surface area contributed by atoms with Crippen molar-refractivity contribution < 1.29 is 14.1 Å². The van der Waals surface area contributed by atoms with Crippen LogP contribution in [0.25, 0.3) is 11.3 Å². The third kappa shape index (κ3) is 3.39. The third-order valence-corrected chi connectivity index (χ3v) is 6.38. The summed E-state index contributed by atoms with van der Waals surface area (Å²) in [7, 11) is 1.87. The second kappa shape index (κ2) is 7.61. The van der Waals surface area contributed by atoms with E-state index in [4.69, 9.17) is 4.52 Å². The van der Waals surface area contributed by atoms with Crippen molar-refractivity contribution >= 4 is 17.6 Å². The maximum Gasteiger partial charge on any atom is 0.276 e. The van der Waals surface area contributed by atoms with Crippen LogP contribution in [0.4, 0.5) is 5.82 Å². The Balaban J connectivity index is 1.37. The van der Waals surface area contributed by atoms with E-state index in [0.717, 1.165) is 47.6 Å². The normalized spacial score (nSPS) is 15.7. The maximum absolute atomic E-state index is 13.2. The van der Waals surface area contributed by atoms with Gasteiger partial charge < -0.3 is 14.7 Å². The summed E-state index contributed by atoms with van der Waals surface area (Å²) < 4.78 is 9.24. The Kier molecular flexibility index (Phi) is 4.87. The Hall–Kier alpha value is -3.43. The number of hydrogen-bond donors (Lipinski definition) is 1. The number of rotatable bonds is 5. The fourth-order valence-electron chi connectivity index (χ4n) is 4.45. The average Bonchev–Trinajstić information content (AvgIpc) is 3.36. The Bertz CT molecular complexity index is 1210. The predicted molar refractivity (Wildman–Crippen MR) is 116 cm³/mol. The van der Waals surface area contributed by atoms with Crippen LogP contribution in [0.1, 0.15) is 52.9 Å². The zero-order valence-electron chi connectivity index (χ0n) is 18.8. The molecule has 4 heterocycles. The van der Waals surface area contributed by atoms with Crippen LogP contribution in [0.3, 0.4) is 0 Å². The monoisotopic (exact) mass is 437 g/mol. The number of nitrogens with zero attached hydrogens (tertiary/aromatic N) is 6. The number of fused-ring (bicyclic) bond motifs is 1. The van der Waals surface area contributed by atoms with Gasteiger partial charge in [0.2, 0.25) is 5.91 Å². The summed E-state index contributed by atoms with van der Waals surface area (Å²) in [4.78, 5) is 27.2. The van der Waals surface area contributed by atoms with Crippen molar-refractivity contribution in [2.45, 2.75) is 53.1 Å². The molecule has 168 valence electrons. The van der Waals surface area contributed by atoms with Gasteiger partial charge in [0.1, 0.15) is 0 Å². The van der Waals surface area contributed by atoms with Crippen molar-refractivity contribution in [1.29, 1.82) is 0 Å². The number of amides is 2. The standard InChI is InChI=1S/C22H27N7O3/c1-5-29-13(3)19(12(2)24-29)18-10-16(26-32-18)22(31)28-9-8-17-15(11-28)20(25-27(17)4)23-21(30)14-6-7-14/h10,14H,5-9,11H2,1-4H3,(H,23,25,30). The van der Waals surface area contributed by atoms with Crippen LogP contribution >= 0.6 is 0 Å². The summed E-state index contributed by atoms with van der Waals surface area (Å²) in [5.74, 6) is 0.989. The van der Waals surface area contributed by atoms with Crippen LogP contribution in [0, 0.1) is 19.8 Å². The minimum atomic E-state index is -0.202. The molecule has 1 aliphatic carbocycles. The van der Waals surface area contributed by atoms with Gasteiger partial charge in [-0.2, -0.15) is 10.2 Å². The fraction of sp³-hybridized carbons (Fsp3) is 0.500. The topological polar surface area (TPSA) is 111 Å². The van der Waals surface area contributed by atoms with E-state index in [2.05, 4.69) is 20.7 Å². The molecule has 2 amide bonds. The van der Waals surface area contributed by atoms with E-state index < -0.39 is 0 Å². The van der Waals surface area contributed by atoms with Crippen molar-refractivity contribution in [3.63, 3.8) is 0 Å². The number of hydrogen-bond acceptors (Lipinski definition) is 6. The highest BCUT2D eigenvalue weighted by molar-refractivity contribution is 5.95. The van der Waals surface area contributed by atoms with Gasteiger partial charge >= 0.3 is 0 Å². The minimum absolute atomic E-state index is 0.00820. The summed E-state index contributed by atoms with van der Waals surface area (Å²) in [6.07, 6.45) is 2.52. The molecule has 1 saturated carbocycles. The van der Waals surface area contributed by atoms with Crippen LogP contribution in [-0.2, 0) is 31.4 Å². The van der Waals surface area contributed by atoms with Crippen LogP contribution in [-0.4, -0.2) is 48.0 Å². The first kappa shape index (κ1) is 20.5. The van der Waals surface area contributed by atoms with E-state index >= 15 is 0 Å². The summed E-state index contributed by atoms with van der Waals surface area (Å²) >= 11 is 0. The minimum Gasteiger partial charge on any atom is -0.355 e. The van der Waals surface area contributed by atoms with E-state index in [-0.39, 0.29) is 23.4 Å². The van der Waals surface area contributed by atoms with Crippen molar-refractivity contribution in [2.75, 3.05) is 11.9 Å². The molecule has 2 aliphatic rings. The lowest BCUT2D eigenvalue weighted by Gasteiger charge is -2.26. The van der Waals surface area contributed by atoms with Gasteiger partial charge in [0.25, 0.3) is 5.91 Å². The predicted octanol–water partition coefficient (Wildman–Crippen LogP) is 2.46. The fourth-order valence-corrected chi connectivity index (χ4v) is 4.45. The van der Waals surface area contributed by atoms with E-state index in [1.807, 2.05) is 32.5 Å². The maximum atomic E-state index is 13.2. The van der Waals surface area contributed by atoms with E-state index in [9.17, 15) is 9.59 Å². The van der Waals surface area contributed by atoms with E-state index in [1.165, 1.54) is 0 Å². The Labute approximate surface area is 185 Å². The van der Waals surface area contributed by atoms with Gasteiger partial charge in [-0.15, -0.1) is 0 Å². The molecular formula is C22H27N7O3. The molecule has 3 aromatic heterocycles. The molecule has 10 nitrogen and oxygen atoms in total. The van der Waals surface area contributed by atoms with Crippen molar-refractivity contribution in [3.05, 3.63) is 34.4 Å². The highest BCUT2D eigenvalue weighted by Crippen LogP contribution is 2.33. The first-order valence-corrected chi connectivity index (χ1v) is 11.0. The molecule has 0 radical (unpaired) electrons. The van der Waals surface area contributed by atoms with Gasteiger partial charge in [-0.3, -0.25) is 19.0 Å². The largest absolute Gasteiger partial charge is 0.355 e. The van der Waals surface area contributed by atoms with Crippen LogP contribution in [0.15, 0.2) is 10.6 Å². The molecule has 3 aromatic rings. The summed E-state index contributed by atoms with van der Waals surface area (Å²) in [6, 6.07) is 1.69. The lowest BCUT2D eigenvalue weighted by atomic mass is 10.1. The number of carbonyl (C=O) groups is 2. The zero-order valence-corrected chi connectivity index (χ0v) is 18.8. The number of aromatic nitrogens is 5. The first-order valence-electron chi connectivity index (χ1n) is 11.0. The molecule has 0 atom stereocenters. The quantitative estimate of drug-likeness (QED) is 0.656. The van der Waals surface area contributed by atoms with Crippen LogP contribution in [0.2, 0.25) is 0 Å². The molecule has 0 saturated heterocycles. The van der Waals surface area contributed by atoms with Crippen LogP contribution < -0.4 is 5.32 Å². The molecule has 32 heavy (non-hydrogen) atoms. The Morgan fingerprint density at radius 2 is 2.03 bits per heavy atom. The lowest BCUT2D eigenvalue weighted by Crippen LogP contribution is -2.36. The zero-order chi connectivity index (χ0) is 22.6. The molecular weight excluding hydrogens is 410 g/mol. The first-order chi connectivity index (χ1) is 15.4. The number of aryl methyl sites for hydroxylation is 3. The molecule has 10 heteroatoms. The van der Waals surface area contributed by atoms with Crippen molar-refractivity contribution in [3.8, 4) is 11.3 Å². The molecule has 1 aliphatic heterocycles. The van der Waals surface area contributed by atoms with Crippen molar-refractivity contribution in [1.82, 2.24) is 29.6 Å². The highest BCUT2D eigenvalue weighted by atomic mass is 16.5. The smallest absolute Gasteiger partial charge is 0.276 e. The number of nitrogens with one attached hydrogen (secondary N) is 1. The molecule has 5 rings (SSSR count). The van der Waals surface area contributed by atoms with Crippen molar-refractivity contribution in [2.24, 2.45) is 13.0 Å². The van der Waals surface area contributed by atoms with Gasteiger partial charge in [-0.25, -0.2) is 0 Å². The summed E-state index contributed by atoms with van der Waals surface area (Å²) in [6.45, 7) is 7.61. The molecule has 0 bridgehead atoms. The van der Waals surface area contributed by atoms with Gasteiger partial charge in [0.05, 0.1) is 17.8 Å². The van der Waals surface area contributed by atoms with Crippen LogP contribution in [0.5, 0.6) is 0 Å². The molecule has 1 N–H and O–H groups in total. The molecule has 0 aromatic carbocycles. The molecule has 0 unspecified atom stereocenters. The SMILES string of the molecule is CCn1nc(C)c(-c2cc(C(=O)N3CCc4c(c(NC(=O)C5CC5)nn4C)C3)no2)c1C.